The number of nitrogens with zero attached hydrogens (tertiary/aromatic N) is 3. The van der Waals surface area contributed by atoms with Gasteiger partial charge in [-0.05, 0) is 25.5 Å². The van der Waals surface area contributed by atoms with Crippen molar-refractivity contribution in [2.24, 2.45) is 5.10 Å². The smallest absolute Gasteiger partial charge is 0.334 e. The van der Waals surface area contributed by atoms with Gasteiger partial charge in [-0.1, -0.05) is 6.92 Å². The number of rotatable bonds is 4. The number of thiazole rings is 1. The first-order valence-corrected chi connectivity index (χ1v) is 7.39. The molecule has 0 aliphatic heterocycles. The molecule has 0 aliphatic rings. The Hall–Kier alpha value is -2.28. The zero-order chi connectivity index (χ0) is 15.2. The average Bonchev–Trinajstić information content (AvgIpc) is 2.97. The highest BCUT2D eigenvalue weighted by molar-refractivity contribution is 7.17. The quantitative estimate of drug-likeness (QED) is 0.672. The van der Waals surface area contributed by atoms with Crippen molar-refractivity contribution >= 4 is 23.1 Å². The number of urea groups is 1. The Morgan fingerprint density at radius 3 is 2.90 bits per heavy atom. The summed E-state index contributed by atoms with van der Waals surface area (Å²) >= 11 is 1.55. The molecule has 2 aromatic heterocycles. The van der Waals surface area contributed by atoms with Crippen molar-refractivity contribution in [3.8, 4) is 10.6 Å². The van der Waals surface area contributed by atoms with Gasteiger partial charge in [-0.25, -0.2) is 15.2 Å². The molecule has 0 atom stereocenters. The molecule has 0 fully saturated rings. The monoisotopic (exact) mass is 303 g/mol. The van der Waals surface area contributed by atoms with E-state index in [9.17, 15) is 4.79 Å². The molecule has 2 N–H and O–H groups in total. The minimum Gasteiger partial charge on any atom is -0.340 e. The maximum absolute atomic E-state index is 11.2. The lowest BCUT2D eigenvalue weighted by Crippen LogP contribution is -2.29. The van der Waals surface area contributed by atoms with Crippen LogP contribution in [0.15, 0.2) is 29.6 Å². The van der Waals surface area contributed by atoms with Crippen molar-refractivity contribution in [2.75, 3.05) is 7.05 Å². The molecule has 0 bridgehead atoms. The van der Waals surface area contributed by atoms with Gasteiger partial charge in [0.2, 0.25) is 0 Å². The van der Waals surface area contributed by atoms with Crippen LogP contribution in [-0.2, 0) is 6.42 Å². The number of hydrogen-bond acceptors (Lipinski definition) is 5. The summed E-state index contributed by atoms with van der Waals surface area (Å²) < 4.78 is 0. The largest absolute Gasteiger partial charge is 0.340 e. The molecule has 0 aliphatic carbocycles. The summed E-state index contributed by atoms with van der Waals surface area (Å²) in [4.78, 5) is 20.9. The Balaban J connectivity index is 2.31. The van der Waals surface area contributed by atoms with Crippen LogP contribution in [0.3, 0.4) is 0 Å². The number of aromatic nitrogens is 2. The van der Waals surface area contributed by atoms with Crippen LogP contribution in [0.1, 0.15) is 24.4 Å². The Labute approximate surface area is 127 Å². The van der Waals surface area contributed by atoms with E-state index in [2.05, 4.69) is 25.8 Å². The maximum Gasteiger partial charge on any atom is 0.334 e. The number of hydrazone groups is 1. The molecule has 7 heteroatoms. The lowest BCUT2D eigenvalue weighted by atomic mass is 10.2. The van der Waals surface area contributed by atoms with Crippen LogP contribution in [0.25, 0.3) is 10.6 Å². The lowest BCUT2D eigenvalue weighted by molar-refractivity contribution is 0.243. The van der Waals surface area contributed by atoms with Crippen molar-refractivity contribution in [3.63, 3.8) is 0 Å². The summed E-state index contributed by atoms with van der Waals surface area (Å²) in [7, 11) is 1.55. The van der Waals surface area contributed by atoms with Gasteiger partial charge in [0.25, 0.3) is 0 Å². The number of amides is 2. The first-order chi connectivity index (χ1) is 10.2. The topological polar surface area (TPSA) is 79.3 Å². The molecule has 0 radical (unpaired) electrons. The molecule has 0 spiro atoms. The van der Waals surface area contributed by atoms with Gasteiger partial charge >= 0.3 is 6.03 Å². The fourth-order valence-electron chi connectivity index (χ4n) is 1.73. The molecular formula is C14H17N5OS. The van der Waals surface area contributed by atoms with Crippen molar-refractivity contribution < 1.29 is 4.79 Å². The van der Waals surface area contributed by atoms with Crippen LogP contribution in [0, 0.1) is 0 Å². The van der Waals surface area contributed by atoms with E-state index < -0.39 is 0 Å². The molecule has 0 aromatic carbocycles. The minimum atomic E-state index is -0.343. The van der Waals surface area contributed by atoms with Gasteiger partial charge in [-0.2, -0.15) is 5.10 Å². The summed E-state index contributed by atoms with van der Waals surface area (Å²) in [6, 6.07) is 3.52. The summed E-state index contributed by atoms with van der Waals surface area (Å²) in [5.41, 5.74) is 5.13. The average molecular weight is 303 g/mol. The second-order valence-electron chi connectivity index (χ2n) is 4.28. The normalized spacial score (nSPS) is 11.3. The van der Waals surface area contributed by atoms with E-state index in [0.717, 1.165) is 33.3 Å². The summed E-state index contributed by atoms with van der Waals surface area (Å²) in [5.74, 6) is 0. The Bertz CT molecular complexity index is 651. The summed E-state index contributed by atoms with van der Waals surface area (Å²) in [6.45, 7) is 3.90. The van der Waals surface area contributed by atoms with Crippen LogP contribution in [0.2, 0.25) is 0 Å². The number of pyridine rings is 1. The van der Waals surface area contributed by atoms with Gasteiger partial charge < -0.3 is 5.32 Å². The number of carbonyl (C=O) groups is 1. The predicted octanol–water partition coefficient (Wildman–Crippen LogP) is 2.42. The molecule has 21 heavy (non-hydrogen) atoms. The van der Waals surface area contributed by atoms with Crippen molar-refractivity contribution in [2.45, 2.75) is 20.3 Å². The highest BCUT2D eigenvalue weighted by atomic mass is 32.1. The maximum atomic E-state index is 11.2. The lowest BCUT2D eigenvalue weighted by Gasteiger charge is -2.01. The van der Waals surface area contributed by atoms with Crippen molar-refractivity contribution in [1.29, 1.82) is 0 Å². The van der Waals surface area contributed by atoms with E-state index in [1.54, 1.807) is 30.8 Å². The first kappa shape index (κ1) is 15.1. The van der Waals surface area contributed by atoms with Gasteiger partial charge in [0.05, 0.1) is 16.3 Å². The van der Waals surface area contributed by atoms with Crippen molar-refractivity contribution in [1.82, 2.24) is 20.7 Å². The first-order valence-electron chi connectivity index (χ1n) is 6.58. The molecule has 0 unspecified atom stereocenters. The molecular weight excluding hydrogens is 286 g/mol. The van der Waals surface area contributed by atoms with E-state index >= 15 is 0 Å². The van der Waals surface area contributed by atoms with Gasteiger partial charge in [0.1, 0.15) is 5.01 Å². The molecule has 0 saturated carbocycles. The van der Waals surface area contributed by atoms with E-state index in [-0.39, 0.29) is 6.03 Å². The predicted molar refractivity (Wildman–Crippen MR) is 84.5 cm³/mol. The van der Waals surface area contributed by atoms with Gasteiger partial charge in [-0.15, -0.1) is 11.3 Å². The standard InChI is InChI=1S/C14H17N5OS/c1-4-11-12(9(2)18-19-14(20)15-3)21-13(17-11)10-6-5-7-16-8-10/h5-8H,4H2,1-3H3,(H2,15,19,20). The van der Waals surface area contributed by atoms with E-state index in [1.807, 2.05) is 26.0 Å². The van der Waals surface area contributed by atoms with Crippen LogP contribution in [0.4, 0.5) is 4.79 Å². The van der Waals surface area contributed by atoms with Gasteiger partial charge in [0, 0.05) is 25.0 Å². The van der Waals surface area contributed by atoms with E-state index in [0.29, 0.717) is 0 Å². The molecule has 2 heterocycles. The highest BCUT2D eigenvalue weighted by Gasteiger charge is 2.14. The van der Waals surface area contributed by atoms with Crippen molar-refractivity contribution in [3.05, 3.63) is 35.1 Å². The van der Waals surface area contributed by atoms with Crippen LogP contribution in [0.5, 0.6) is 0 Å². The van der Waals surface area contributed by atoms with E-state index in [1.165, 1.54) is 0 Å². The molecule has 2 aromatic rings. The van der Waals surface area contributed by atoms with Crippen LogP contribution < -0.4 is 10.7 Å². The summed E-state index contributed by atoms with van der Waals surface area (Å²) in [6.07, 6.45) is 4.33. The number of hydrogen-bond donors (Lipinski definition) is 2. The molecule has 110 valence electrons. The fraction of sp³-hybridized carbons (Fsp3) is 0.286. The number of carbonyl (C=O) groups excluding carboxylic acids is 1. The molecule has 6 nitrogen and oxygen atoms in total. The van der Waals surface area contributed by atoms with Gasteiger partial charge in [0.15, 0.2) is 0 Å². The highest BCUT2D eigenvalue weighted by Crippen LogP contribution is 2.28. The zero-order valence-electron chi connectivity index (χ0n) is 12.2. The molecule has 0 saturated heterocycles. The third-order valence-corrected chi connectivity index (χ3v) is 4.08. The van der Waals surface area contributed by atoms with Crippen LogP contribution >= 0.6 is 11.3 Å². The molecule has 2 rings (SSSR count). The fourth-order valence-corrected chi connectivity index (χ4v) is 2.82. The zero-order valence-corrected chi connectivity index (χ0v) is 13.0. The second-order valence-corrected chi connectivity index (χ2v) is 5.28. The second kappa shape index (κ2) is 6.94. The Morgan fingerprint density at radius 1 is 1.48 bits per heavy atom. The number of aryl methyl sites for hydroxylation is 1. The molecule has 2 amide bonds. The SMILES string of the molecule is CCc1nc(-c2cccnc2)sc1C(C)=NNC(=O)NC. The third kappa shape index (κ3) is 3.63. The summed E-state index contributed by atoms with van der Waals surface area (Å²) in [5, 5.41) is 7.45. The Kier molecular flexibility index (Phi) is 4.99. The van der Waals surface area contributed by atoms with Gasteiger partial charge in [-0.3, -0.25) is 4.98 Å². The minimum absolute atomic E-state index is 0.343. The Morgan fingerprint density at radius 2 is 2.29 bits per heavy atom. The third-order valence-electron chi connectivity index (χ3n) is 2.82. The number of nitrogens with one attached hydrogen (secondary N) is 2. The van der Waals surface area contributed by atoms with Crippen LogP contribution in [-0.4, -0.2) is 28.8 Å². The van der Waals surface area contributed by atoms with E-state index in [4.69, 9.17) is 0 Å².